The molecule has 136 valence electrons. The molecule has 2 rings (SSSR count). The summed E-state index contributed by atoms with van der Waals surface area (Å²) in [7, 11) is 3.69. The molecule has 0 aliphatic carbocycles. The van der Waals surface area contributed by atoms with Gasteiger partial charge in [-0.25, -0.2) is 0 Å². The molecule has 1 aromatic heterocycles. The molecule has 0 unspecified atom stereocenters. The van der Waals surface area contributed by atoms with Crippen LogP contribution in [0, 0.1) is 0 Å². The van der Waals surface area contributed by atoms with E-state index in [1.54, 1.807) is 7.11 Å². The third-order valence-electron chi connectivity index (χ3n) is 4.47. The molecule has 0 N–H and O–H groups in total. The van der Waals surface area contributed by atoms with Crippen LogP contribution in [0.3, 0.4) is 0 Å². The van der Waals surface area contributed by atoms with Crippen LogP contribution < -0.4 is 0 Å². The highest BCUT2D eigenvalue weighted by atomic mass is 16.5. The van der Waals surface area contributed by atoms with Crippen LogP contribution in [0.4, 0.5) is 0 Å². The molecule has 1 amide bonds. The normalized spacial score (nSPS) is 11.6. The molecule has 4 heteroatoms. The molecule has 1 heterocycles. The van der Waals surface area contributed by atoms with Crippen LogP contribution in [-0.4, -0.2) is 35.6 Å². The van der Waals surface area contributed by atoms with Gasteiger partial charge in [-0.1, -0.05) is 32.9 Å². The van der Waals surface area contributed by atoms with Gasteiger partial charge >= 0.3 is 0 Å². The average molecular weight is 342 g/mol. The lowest BCUT2D eigenvalue weighted by Gasteiger charge is -2.24. The van der Waals surface area contributed by atoms with Crippen LogP contribution >= 0.6 is 0 Å². The Kier molecular flexibility index (Phi) is 6.43. The van der Waals surface area contributed by atoms with Crippen molar-refractivity contribution in [1.29, 1.82) is 0 Å². The molecule has 2 aromatic rings. The molecule has 0 radical (unpaired) electrons. The van der Waals surface area contributed by atoms with E-state index < -0.39 is 0 Å². The number of ether oxygens (including phenoxy) is 1. The second-order valence-corrected chi connectivity index (χ2v) is 7.51. The number of carbonyl (C=O) groups is 1. The fraction of sp³-hybridized carbons (Fsp3) is 0.476. The molecule has 0 atom stereocenters. The maximum Gasteiger partial charge on any atom is 0.254 e. The average Bonchev–Trinajstić information content (AvgIpc) is 2.98. The Hall–Kier alpha value is -2.07. The largest absolute Gasteiger partial charge is 0.385 e. The zero-order chi connectivity index (χ0) is 18.4. The number of carbonyl (C=O) groups excluding carboxylic acids is 1. The lowest BCUT2D eigenvalue weighted by atomic mass is 9.86. The maximum atomic E-state index is 13.0. The van der Waals surface area contributed by atoms with Crippen LogP contribution in [0.5, 0.6) is 0 Å². The first kappa shape index (κ1) is 19.3. The first-order chi connectivity index (χ1) is 11.8. The summed E-state index contributed by atoms with van der Waals surface area (Å²) in [6, 6.07) is 12.1. The maximum absolute atomic E-state index is 13.0. The highest BCUT2D eigenvalue weighted by Gasteiger charge is 2.19. The molecule has 0 fully saturated rings. The lowest BCUT2D eigenvalue weighted by Crippen LogP contribution is -2.32. The first-order valence-electron chi connectivity index (χ1n) is 8.82. The molecule has 25 heavy (non-hydrogen) atoms. The van der Waals surface area contributed by atoms with E-state index in [1.807, 2.05) is 36.3 Å². The molecule has 0 aliphatic rings. The number of hydrogen-bond acceptors (Lipinski definition) is 2. The van der Waals surface area contributed by atoms with E-state index in [9.17, 15) is 4.79 Å². The van der Waals surface area contributed by atoms with Crippen LogP contribution in [0.15, 0.2) is 42.6 Å². The molecule has 4 nitrogen and oxygen atoms in total. The van der Waals surface area contributed by atoms with Crippen molar-refractivity contribution in [3.63, 3.8) is 0 Å². The van der Waals surface area contributed by atoms with E-state index in [0.29, 0.717) is 19.7 Å². The number of benzene rings is 1. The predicted molar refractivity (Wildman–Crippen MR) is 102 cm³/mol. The Labute approximate surface area is 151 Å². The number of nitrogens with zero attached hydrogens (tertiary/aromatic N) is 2. The molecule has 0 saturated carbocycles. The summed E-state index contributed by atoms with van der Waals surface area (Å²) < 4.78 is 7.20. The van der Waals surface area contributed by atoms with Gasteiger partial charge in [-0.2, -0.15) is 0 Å². The van der Waals surface area contributed by atoms with Crippen molar-refractivity contribution in [1.82, 2.24) is 9.47 Å². The minimum Gasteiger partial charge on any atom is -0.385 e. The van der Waals surface area contributed by atoms with E-state index in [4.69, 9.17) is 4.74 Å². The summed E-state index contributed by atoms with van der Waals surface area (Å²) in [5, 5.41) is 0. The summed E-state index contributed by atoms with van der Waals surface area (Å²) in [5.74, 6) is 0.0674. The standard InChI is InChI=1S/C21H30N2O2/c1-21(2,3)18-11-9-17(10-12-18)20(24)23(14-7-15-25-5)16-19-8-6-13-22(19)4/h6,8-13H,7,14-16H2,1-5H3. The third kappa shape index (κ3) is 5.20. The monoisotopic (exact) mass is 342 g/mol. The van der Waals surface area contributed by atoms with Crippen molar-refractivity contribution in [3.8, 4) is 0 Å². The summed E-state index contributed by atoms with van der Waals surface area (Å²) in [6.45, 7) is 8.47. The van der Waals surface area contributed by atoms with E-state index >= 15 is 0 Å². The van der Waals surface area contributed by atoms with Crippen molar-refractivity contribution in [3.05, 3.63) is 59.4 Å². The van der Waals surface area contributed by atoms with Crippen LogP contribution in [-0.2, 0) is 23.7 Å². The van der Waals surface area contributed by atoms with Crippen LogP contribution in [0.1, 0.15) is 48.8 Å². The topological polar surface area (TPSA) is 34.5 Å². The summed E-state index contributed by atoms with van der Waals surface area (Å²) in [4.78, 5) is 14.9. The van der Waals surface area contributed by atoms with Gasteiger partial charge < -0.3 is 14.2 Å². The number of aromatic nitrogens is 1. The second-order valence-electron chi connectivity index (χ2n) is 7.51. The lowest BCUT2D eigenvalue weighted by molar-refractivity contribution is 0.0720. The molecular formula is C21H30N2O2. The quantitative estimate of drug-likeness (QED) is 0.713. The van der Waals surface area contributed by atoms with Crippen molar-refractivity contribution >= 4 is 5.91 Å². The SMILES string of the molecule is COCCCN(Cc1cccn1C)C(=O)c1ccc(C(C)(C)C)cc1. The van der Waals surface area contributed by atoms with Gasteiger partial charge in [0.1, 0.15) is 0 Å². The van der Waals surface area contributed by atoms with Crippen molar-refractivity contribution in [2.45, 2.75) is 39.2 Å². The van der Waals surface area contributed by atoms with Gasteiger partial charge in [-0.15, -0.1) is 0 Å². The number of aryl methyl sites for hydroxylation is 1. The first-order valence-corrected chi connectivity index (χ1v) is 8.82. The zero-order valence-corrected chi connectivity index (χ0v) is 16.1. The van der Waals surface area contributed by atoms with E-state index in [1.165, 1.54) is 5.56 Å². The van der Waals surface area contributed by atoms with Gasteiger partial charge in [-0.05, 0) is 41.7 Å². The number of rotatable bonds is 7. The predicted octanol–water partition coefficient (Wildman–Crippen LogP) is 4.00. The molecule has 0 aliphatic heterocycles. The summed E-state index contributed by atoms with van der Waals surface area (Å²) >= 11 is 0. The van der Waals surface area contributed by atoms with Crippen LogP contribution in [0.25, 0.3) is 0 Å². The van der Waals surface area contributed by atoms with E-state index in [0.717, 1.165) is 17.7 Å². The Balaban J connectivity index is 2.17. The molecular weight excluding hydrogens is 312 g/mol. The minimum atomic E-state index is 0.0674. The summed E-state index contributed by atoms with van der Waals surface area (Å²) in [6.07, 6.45) is 2.83. The van der Waals surface area contributed by atoms with E-state index in [-0.39, 0.29) is 11.3 Å². The number of methoxy groups -OCH3 is 1. The van der Waals surface area contributed by atoms with E-state index in [2.05, 4.69) is 43.5 Å². The second kappa shape index (κ2) is 8.34. The molecule has 0 bridgehead atoms. The molecule has 0 saturated heterocycles. The van der Waals surface area contributed by atoms with Gasteiger partial charge in [0.05, 0.1) is 6.54 Å². The summed E-state index contributed by atoms with van der Waals surface area (Å²) in [5.41, 5.74) is 3.18. The Morgan fingerprint density at radius 1 is 1.16 bits per heavy atom. The van der Waals surface area contributed by atoms with Crippen molar-refractivity contribution in [2.24, 2.45) is 7.05 Å². The zero-order valence-electron chi connectivity index (χ0n) is 16.1. The highest BCUT2D eigenvalue weighted by Crippen LogP contribution is 2.22. The van der Waals surface area contributed by atoms with Gasteiger partial charge in [-0.3, -0.25) is 4.79 Å². The Morgan fingerprint density at radius 2 is 1.84 bits per heavy atom. The molecule has 1 aromatic carbocycles. The van der Waals surface area contributed by atoms with Gasteiger partial charge in [0.25, 0.3) is 5.91 Å². The van der Waals surface area contributed by atoms with Crippen molar-refractivity contribution < 1.29 is 9.53 Å². The van der Waals surface area contributed by atoms with Crippen LogP contribution in [0.2, 0.25) is 0 Å². The Bertz CT molecular complexity index is 681. The highest BCUT2D eigenvalue weighted by molar-refractivity contribution is 5.94. The number of amides is 1. The van der Waals surface area contributed by atoms with Gasteiger partial charge in [0.2, 0.25) is 0 Å². The van der Waals surface area contributed by atoms with Crippen molar-refractivity contribution in [2.75, 3.05) is 20.3 Å². The fourth-order valence-corrected chi connectivity index (χ4v) is 2.80. The third-order valence-corrected chi connectivity index (χ3v) is 4.47. The fourth-order valence-electron chi connectivity index (χ4n) is 2.80. The van der Waals surface area contributed by atoms with Gasteiger partial charge in [0.15, 0.2) is 0 Å². The smallest absolute Gasteiger partial charge is 0.254 e. The Morgan fingerprint density at radius 3 is 2.36 bits per heavy atom. The number of hydrogen-bond donors (Lipinski definition) is 0. The minimum absolute atomic E-state index is 0.0674. The molecule has 0 spiro atoms. The van der Waals surface area contributed by atoms with Gasteiger partial charge in [0, 0.05) is 44.8 Å².